The maximum absolute atomic E-state index is 6.45. The van der Waals surface area contributed by atoms with Crippen molar-refractivity contribution in [3.05, 3.63) is 188 Å². The molecule has 12 aromatic rings. The van der Waals surface area contributed by atoms with E-state index in [9.17, 15) is 0 Å². The molecule has 0 aliphatic heterocycles. The van der Waals surface area contributed by atoms with Crippen molar-refractivity contribution >= 4 is 75.0 Å². The van der Waals surface area contributed by atoms with E-state index < -0.39 is 0 Å². The molecule has 12 rings (SSSR count). The summed E-state index contributed by atoms with van der Waals surface area (Å²) >= 11 is 1.81. The summed E-state index contributed by atoms with van der Waals surface area (Å²) in [6.07, 6.45) is 0. The number of nitrogens with zero attached hydrogens (tertiary/aromatic N) is 3. The van der Waals surface area contributed by atoms with E-state index in [-0.39, 0.29) is 0 Å². The van der Waals surface area contributed by atoms with Gasteiger partial charge in [-0.1, -0.05) is 140 Å². The first kappa shape index (κ1) is 32.7. The quantitative estimate of drug-likeness (QED) is 0.164. The summed E-state index contributed by atoms with van der Waals surface area (Å²) in [7, 11) is 0. The predicted octanol–water partition coefficient (Wildman–Crippen LogP) is 14.8. The molecule has 270 valence electrons. The molecule has 0 saturated heterocycles. The van der Waals surface area contributed by atoms with Gasteiger partial charge in [0.25, 0.3) is 0 Å². The largest absolute Gasteiger partial charge is 0.456 e. The minimum absolute atomic E-state index is 0.630. The molecule has 9 aromatic carbocycles. The summed E-state index contributed by atoms with van der Waals surface area (Å²) in [5.41, 5.74) is 9.10. The number of thiophene rings is 1. The molecule has 0 fully saturated rings. The highest BCUT2D eigenvalue weighted by Gasteiger charge is 2.17. The minimum atomic E-state index is 0.630. The maximum atomic E-state index is 6.45. The van der Waals surface area contributed by atoms with E-state index in [1.165, 1.54) is 47.3 Å². The Hall–Kier alpha value is -7.47. The van der Waals surface area contributed by atoms with E-state index >= 15 is 0 Å². The minimum Gasteiger partial charge on any atom is -0.456 e. The van der Waals surface area contributed by atoms with Gasteiger partial charge in [0.2, 0.25) is 0 Å². The lowest BCUT2D eigenvalue weighted by molar-refractivity contribution is 0.669. The first-order valence-electron chi connectivity index (χ1n) is 19.4. The Bertz CT molecular complexity index is 3570. The highest BCUT2D eigenvalue weighted by molar-refractivity contribution is 7.25. The first-order valence-corrected chi connectivity index (χ1v) is 20.2. The Morgan fingerprint density at radius 1 is 0.328 bits per heavy atom. The maximum Gasteiger partial charge on any atom is 0.164 e. The van der Waals surface area contributed by atoms with Gasteiger partial charge < -0.3 is 4.42 Å². The molecule has 0 amide bonds. The number of hydrogen-bond donors (Lipinski definition) is 0. The van der Waals surface area contributed by atoms with Gasteiger partial charge in [0.05, 0.1) is 0 Å². The Morgan fingerprint density at radius 3 is 1.79 bits per heavy atom. The number of aromatic nitrogens is 3. The molecule has 0 atom stereocenters. The smallest absolute Gasteiger partial charge is 0.164 e. The van der Waals surface area contributed by atoms with E-state index in [0.29, 0.717) is 17.5 Å². The van der Waals surface area contributed by atoms with Gasteiger partial charge in [-0.25, -0.2) is 15.0 Å². The van der Waals surface area contributed by atoms with Crippen LogP contribution < -0.4 is 0 Å². The molecule has 0 unspecified atom stereocenters. The molecule has 0 bridgehead atoms. The van der Waals surface area contributed by atoms with Crippen LogP contribution in [0.1, 0.15) is 0 Å². The number of furan rings is 1. The lowest BCUT2D eigenvalue weighted by atomic mass is 9.95. The molecule has 5 heteroatoms. The lowest BCUT2D eigenvalue weighted by Crippen LogP contribution is -2.00. The summed E-state index contributed by atoms with van der Waals surface area (Å²) < 4.78 is 8.97. The Morgan fingerprint density at radius 2 is 0.931 bits per heavy atom. The van der Waals surface area contributed by atoms with Crippen molar-refractivity contribution in [2.24, 2.45) is 0 Å². The lowest BCUT2D eigenvalue weighted by Gasteiger charge is -2.10. The zero-order chi connectivity index (χ0) is 38.2. The SMILES string of the molecule is c1ccc(-c2nc(-c3ccc(-c4cccc5oc6ccc(-c7ccc8c(ccc9ccccc98)c7)cc6c45)cc3)nc(-c3ccc4sc5ccccc5c4c3)n2)cc1. The van der Waals surface area contributed by atoms with Gasteiger partial charge in [-0.2, -0.15) is 0 Å². The van der Waals surface area contributed by atoms with Crippen LogP contribution in [0, 0.1) is 0 Å². The molecule has 4 nitrogen and oxygen atoms in total. The van der Waals surface area contributed by atoms with Crippen LogP contribution in [0.15, 0.2) is 192 Å². The summed E-state index contributed by atoms with van der Waals surface area (Å²) in [4.78, 5) is 15.1. The number of hydrogen-bond acceptors (Lipinski definition) is 5. The van der Waals surface area contributed by atoms with Gasteiger partial charge in [0, 0.05) is 47.6 Å². The average molecular weight is 758 g/mol. The third-order valence-corrected chi connectivity index (χ3v) is 12.5. The summed E-state index contributed by atoms with van der Waals surface area (Å²) in [5, 5.41) is 9.68. The molecule has 0 saturated carbocycles. The number of benzene rings is 9. The topological polar surface area (TPSA) is 51.8 Å². The van der Waals surface area contributed by atoms with Crippen LogP contribution >= 0.6 is 11.3 Å². The van der Waals surface area contributed by atoms with Crippen LogP contribution in [0.4, 0.5) is 0 Å². The Kier molecular flexibility index (Phi) is 7.37. The molecule has 0 N–H and O–H groups in total. The molecule has 0 aliphatic rings. The highest BCUT2D eigenvalue weighted by Crippen LogP contribution is 2.40. The summed E-state index contributed by atoms with van der Waals surface area (Å²) in [6, 6.07) is 66.4. The molecule has 0 aliphatic carbocycles. The second kappa shape index (κ2) is 13.1. The molecule has 3 aromatic heterocycles. The summed E-state index contributed by atoms with van der Waals surface area (Å²) in [6.45, 7) is 0. The van der Waals surface area contributed by atoms with Crippen LogP contribution in [0.25, 0.3) is 120 Å². The second-order valence-corrected chi connectivity index (χ2v) is 15.9. The zero-order valence-electron chi connectivity index (χ0n) is 31.1. The van der Waals surface area contributed by atoms with Crippen LogP contribution in [0.3, 0.4) is 0 Å². The zero-order valence-corrected chi connectivity index (χ0v) is 31.9. The second-order valence-electron chi connectivity index (χ2n) is 14.8. The fourth-order valence-corrected chi connectivity index (χ4v) is 9.54. The van der Waals surface area contributed by atoms with Gasteiger partial charge in [0.1, 0.15) is 11.2 Å². The van der Waals surface area contributed by atoms with Crippen molar-refractivity contribution < 1.29 is 4.42 Å². The fraction of sp³-hybridized carbons (Fsp3) is 0. The predicted molar refractivity (Wildman–Crippen MR) is 242 cm³/mol. The van der Waals surface area contributed by atoms with Gasteiger partial charge in [0.15, 0.2) is 17.5 Å². The van der Waals surface area contributed by atoms with Crippen LogP contribution in [0.5, 0.6) is 0 Å². The van der Waals surface area contributed by atoms with Gasteiger partial charge >= 0.3 is 0 Å². The van der Waals surface area contributed by atoms with Gasteiger partial charge in [-0.15, -0.1) is 11.3 Å². The normalized spacial score (nSPS) is 11.8. The van der Waals surface area contributed by atoms with E-state index in [1.807, 2.05) is 41.7 Å². The number of rotatable bonds is 5. The highest BCUT2D eigenvalue weighted by atomic mass is 32.1. The molecule has 3 heterocycles. The van der Waals surface area contributed by atoms with Crippen LogP contribution in [0.2, 0.25) is 0 Å². The van der Waals surface area contributed by atoms with Crippen molar-refractivity contribution in [1.82, 2.24) is 15.0 Å². The van der Waals surface area contributed by atoms with Crippen molar-refractivity contribution in [1.29, 1.82) is 0 Å². The first-order chi connectivity index (χ1) is 28.7. The Balaban J connectivity index is 0.944. The average Bonchev–Trinajstić information content (AvgIpc) is 3.87. The van der Waals surface area contributed by atoms with E-state index in [1.54, 1.807) is 0 Å². The van der Waals surface area contributed by atoms with Crippen molar-refractivity contribution in [2.75, 3.05) is 0 Å². The van der Waals surface area contributed by atoms with Crippen molar-refractivity contribution in [3.63, 3.8) is 0 Å². The fourth-order valence-electron chi connectivity index (χ4n) is 8.45. The third kappa shape index (κ3) is 5.40. The number of fused-ring (bicyclic) bond motifs is 9. The standard InChI is InChI=1S/C53H31N3OS/c1-2-10-34(11-3-1)51-54-52(56-53(55-51)39-25-28-49-44(31-39)43-13-6-7-16-48(43)58-49)35-20-17-33(18-21-35)42-14-8-15-47-50(42)45-30-37(24-27-46(45)57-47)36-23-26-41-38(29-36)22-19-32-9-4-5-12-40(32)41/h1-31H. The molecular weight excluding hydrogens is 727 g/mol. The van der Waals surface area contributed by atoms with Crippen molar-refractivity contribution in [3.8, 4) is 56.4 Å². The molecular formula is C53H31N3OS. The van der Waals surface area contributed by atoms with Gasteiger partial charge in [-0.3, -0.25) is 0 Å². The van der Waals surface area contributed by atoms with Crippen molar-refractivity contribution in [2.45, 2.75) is 0 Å². The summed E-state index contributed by atoms with van der Waals surface area (Å²) in [5.74, 6) is 1.92. The van der Waals surface area contributed by atoms with E-state index in [0.717, 1.165) is 55.3 Å². The Labute approximate surface area is 337 Å². The molecule has 0 radical (unpaired) electrons. The third-order valence-electron chi connectivity index (χ3n) is 11.3. The van der Waals surface area contributed by atoms with Crippen LogP contribution in [-0.4, -0.2) is 15.0 Å². The van der Waals surface area contributed by atoms with E-state index in [2.05, 4.69) is 158 Å². The molecule has 58 heavy (non-hydrogen) atoms. The monoisotopic (exact) mass is 757 g/mol. The van der Waals surface area contributed by atoms with Crippen LogP contribution in [-0.2, 0) is 0 Å². The van der Waals surface area contributed by atoms with Gasteiger partial charge in [-0.05, 0) is 92.3 Å². The molecule has 0 spiro atoms. The van der Waals surface area contributed by atoms with E-state index in [4.69, 9.17) is 19.4 Å².